The van der Waals surface area contributed by atoms with Crippen molar-refractivity contribution in [2.75, 3.05) is 0 Å². The summed E-state index contributed by atoms with van der Waals surface area (Å²) in [5, 5.41) is 35.6. The van der Waals surface area contributed by atoms with Crippen LogP contribution in [0.25, 0.3) is 11.1 Å². The standard InChI is InChI=1S/C15H16O.C9H13BO2.C6H5BrO/c1-2-3-12-4-6-13(7-5-12)14-8-10-15(16)11-9-14;1-2-3-8-4-6-9(7-5-8)10(11)12;7-5-1-3-6(8)4-2-5/h4-11,16H,2-3H2,1H3;4-7,11-12H,2-3H2,1H3;1-4,8H. The third-order valence-electron chi connectivity index (χ3n) is 5.34. The fraction of sp³-hybridized carbons (Fsp3) is 0.200. The molecule has 4 rings (SSSR count). The van der Waals surface area contributed by atoms with E-state index in [4.69, 9.17) is 15.2 Å². The molecule has 6 heteroatoms. The molecule has 0 saturated heterocycles. The molecule has 0 atom stereocenters. The minimum absolute atomic E-state index is 0.299. The third-order valence-corrected chi connectivity index (χ3v) is 5.87. The Morgan fingerprint density at radius 3 is 1.28 bits per heavy atom. The van der Waals surface area contributed by atoms with Crippen LogP contribution >= 0.6 is 15.9 Å². The maximum atomic E-state index is 9.22. The fourth-order valence-electron chi connectivity index (χ4n) is 3.39. The average Bonchev–Trinajstić information content (AvgIpc) is 2.88. The Morgan fingerprint density at radius 1 is 0.556 bits per heavy atom. The Hall–Kier alpha value is -3.06. The fourth-order valence-corrected chi connectivity index (χ4v) is 3.66. The highest BCUT2D eigenvalue weighted by Crippen LogP contribution is 2.22. The van der Waals surface area contributed by atoms with E-state index >= 15 is 0 Å². The van der Waals surface area contributed by atoms with Gasteiger partial charge in [0.05, 0.1) is 0 Å². The van der Waals surface area contributed by atoms with Crippen molar-refractivity contribution >= 4 is 28.5 Å². The first kappa shape index (κ1) is 29.2. The summed E-state index contributed by atoms with van der Waals surface area (Å²) in [5.41, 5.74) is 5.50. The number of benzene rings is 4. The molecule has 0 bridgehead atoms. The van der Waals surface area contributed by atoms with E-state index in [0.29, 0.717) is 17.0 Å². The third kappa shape index (κ3) is 10.7. The second-order valence-corrected chi connectivity index (χ2v) is 9.25. The van der Waals surface area contributed by atoms with Crippen LogP contribution in [-0.4, -0.2) is 27.4 Å². The van der Waals surface area contributed by atoms with Crippen LogP contribution in [0.2, 0.25) is 0 Å². The van der Waals surface area contributed by atoms with E-state index in [1.54, 1.807) is 48.5 Å². The van der Waals surface area contributed by atoms with Crippen molar-refractivity contribution < 1.29 is 20.3 Å². The number of phenolic OH excluding ortho intramolecular Hbond substituents is 2. The summed E-state index contributed by atoms with van der Waals surface area (Å²) in [5.74, 6) is 0.611. The van der Waals surface area contributed by atoms with E-state index < -0.39 is 7.12 Å². The topological polar surface area (TPSA) is 80.9 Å². The van der Waals surface area contributed by atoms with Crippen molar-refractivity contribution in [2.24, 2.45) is 0 Å². The van der Waals surface area contributed by atoms with Crippen LogP contribution in [0.15, 0.2) is 102 Å². The molecular weight excluding hydrogens is 515 g/mol. The van der Waals surface area contributed by atoms with Gasteiger partial charge in [0.1, 0.15) is 11.5 Å². The predicted molar refractivity (Wildman–Crippen MR) is 154 cm³/mol. The molecule has 0 aromatic heterocycles. The van der Waals surface area contributed by atoms with Gasteiger partial charge >= 0.3 is 7.12 Å². The number of hydrogen-bond acceptors (Lipinski definition) is 4. The molecule has 0 unspecified atom stereocenters. The van der Waals surface area contributed by atoms with Gasteiger partial charge in [-0.2, -0.15) is 0 Å². The summed E-state index contributed by atoms with van der Waals surface area (Å²) in [6, 6.07) is 30.1. The number of rotatable bonds is 6. The molecule has 0 spiro atoms. The summed E-state index contributed by atoms with van der Waals surface area (Å²) in [6.07, 6.45) is 4.47. The molecule has 0 saturated carbocycles. The first-order valence-electron chi connectivity index (χ1n) is 12.1. The molecule has 36 heavy (non-hydrogen) atoms. The van der Waals surface area contributed by atoms with Crippen molar-refractivity contribution in [3.63, 3.8) is 0 Å². The Labute approximate surface area is 223 Å². The molecule has 4 aromatic rings. The van der Waals surface area contributed by atoms with Crippen LogP contribution in [-0.2, 0) is 12.8 Å². The van der Waals surface area contributed by atoms with Gasteiger partial charge < -0.3 is 20.3 Å². The number of hydrogen-bond donors (Lipinski definition) is 4. The zero-order valence-electron chi connectivity index (χ0n) is 20.8. The van der Waals surface area contributed by atoms with Gasteiger partial charge in [-0.15, -0.1) is 0 Å². The molecule has 188 valence electrons. The Kier molecular flexibility index (Phi) is 12.8. The molecule has 4 N–H and O–H groups in total. The van der Waals surface area contributed by atoms with Crippen LogP contribution < -0.4 is 5.46 Å². The molecule has 4 nitrogen and oxygen atoms in total. The summed E-state index contributed by atoms with van der Waals surface area (Å²) in [4.78, 5) is 0. The van der Waals surface area contributed by atoms with Crippen LogP contribution in [0.3, 0.4) is 0 Å². The first-order valence-corrected chi connectivity index (χ1v) is 12.9. The van der Waals surface area contributed by atoms with E-state index in [-0.39, 0.29) is 0 Å². The van der Waals surface area contributed by atoms with E-state index in [2.05, 4.69) is 54.0 Å². The normalized spacial score (nSPS) is 9.92. The Bertz CT molecular complexity index is 1110. The lowest BCUT2D eigenvalue weighted by atomic mass is 9.80. The minimum atomic E-state index is -1.35. The summed E-state index contributed by atoms with van der Waals surface area (Å²) >= 11 is 3.23. The van der Waals surface area contributed by atoms with E-state index in [1.165, 1.54) is 23.1 Å². The molecule has 0 aliphatic carbocycles. The second kappa shape index (κ2) is 15.8. The van der Waals surface area contributed by atoms with Gasteiger partial charge in [0.15, 0.2) is 0 Å². The van der Waals surface area contributed by atoms with Gasteiger partial charge in [-0.25, -0.2) is 0 Å². The van der Waals surface area contributed by atoms with Gasteiger partial charge in [0.2, 0.25) is 0 Å². The maximum Gasteiger partial charge on any atom is 0.488 e. The Balaban J connectivity index is 0.000000202. The highest BCUT2D eigenvalue weighted by Gasteiger charge is 2.09. The van der Waals surface area contributed by atoms with Gasteiger partial charge in [-0.05, 0) is 77.0 Å². The first-order chi connectivity index (χ1) is 17.3. The Morgan fingerprint density at radius 2 is 0.917 bits per heavy atom. The molecule has 0 aliphatic heterocycles. The van der Waals surface area contributed by atoms with Crippen LogP contribution in [0.1, 0.15) is 37.8 Å². The number of phenols is 2. The quantitative estimate of drug-likeness (QED) is 0.208. The maximum absolute atomic E-state index is 9.22. The smallest absolute Gasteiger partial charge is 0.488 e. The lowest BCUT2D eigenvalue weighted by molar-refractivity contribution is 0.425. The minimum Gasteiger partial charge on any atom is -0.508 e. The monoisotopic (exact) mass is 548 g/mol. The molecule has 0 aliphatic rings. The van der Waals surface area contributed by atoms with Crippen molar-refractivity contribution in [1.82, 2.24) is 0 Å². The summed E-state index contributed by atoms with van der Waals surface area (Å²) in [6.45, 7) is 4.31. The second-order valence-electron chi connectivity index (χ2n) is 8.34. The van der Waals surface area contributed by atoms with Gasteiger partial charge in [-0.3, -0.25) is 0 Å². The van der Waals surface area contributed by atoms with Crippen molar-refractivity contribution in [1.29, 1.82) is 0 Å². The SMILES string of the molecule is CCCc1ccc(-c2ccc(O)cc2)cc1.CCCc1ccc(B(O)O)cc1.Oc1ccc(Br)cc1. The number of halogens is 1. The zero-order chi connectivity index (χ0) is 26.3. The van der Waals surface area contributed by atoms with Gasteiger partial charge in [-0.1, -0.05) is 103 Å². The van der Waals surface area contributed by atoms with E-state index in [9.17, 15) is 5.11 Å². The predicted octanol–water partition coefficient (Wildman–Crippen LogP) is 6.49. The molecule has 4 aromatic carbocycles. The van der Waals surface area contributed by atoms with E-state index in [0.717, 1.165) is 29.3 Å². The van der Waals surface area contributed by atoms with Gasteiger partial charge in [0, 0.05) is 4.47 Å². The number of aromatic hydroxyl groups is 2. The highest BCUT2D eigenvalue weighted by atomic mass is 79.9. The molecule has 0 heterocycles. The lowest BCUT2D eigenvalue weighted by Gasteiger charge is -2.03. The molecule has 0 amide bonds. The largest absolute Gasteiger partial charge is 0.508 e. The average molecular weight is 549 g/mol. The van der Waals surface area contributed by atoms with Crippen molar-refractivity contribution in [3.05, 3.63) is 113 Å². The highest BCUT2D eigenvalue weighted by molar-refractivity contribution is 9.10. The van der Waals surface area contributed by atoms with Crippen LogP contribution in [0.4, 0.5) is 0 Å². The molecular formula is C30H34BBrO4. The van der Waals surface area contributed by atoms with Crippen LogP contribution in [0, 0.1) is 0 Å². The zero-order valence-corrected chi connectivity index (χ0v) is 22.4. The summed E-state index contributed by atoms with van der Waals surface area (Å²) < 4.78 is 0.982. The van der Waals surface area contributed by atoms with Crippen molar-refractivity contribution in [3.8, 4) is 22.6 Å². The molecule has 0 radical (unpaired) electrons. The van der Waals surface area contributed by atoms with Gasteiger partial charge in [0.25, 0.3) is 0 Å². The summed E-state index contributed by atoms with van der Waals surface area (Å²) in [7, 11) is -1.35. The van der Waals surface area contributed by atoms with E-state index in [1.807, 2.05) is 24.3 Å². The van der Waals surface area contributed by atoms with Crippen LogP contribution in [0.5, 0.6) is 11.5 Å². The van der Waals surface area contributed by atoms with Crippen molar-refractivity contribution in [2.45, 2.75) is 39.5 Å². The molecule has 0 fully saturated rings. The number of aryl methyl sites for hydroxylation is 2. The lowest BCUT2D eigenvalue weighted by Crippen LogP contribution is -2.29.